The van der Waals surface area contributed by atoms with Crippen LogP contribution in [0, 0.1) is 15.5 Å². The number of hydrogen-bond acceptors (Lipinski definition) is 4. The van der Waals surface area contributed by atoms with Gasteiger partial charge in [-0.1, -0.05) is 12.1 Å². The number of carbonyl (C=O) groups is 2. The fourth-order valence-electron chi connectivity index (χ4n) is 1.52. The summed E-state index contributed by atoms with van der Waals surface area (Å²) < 4.78 is 0. The van der Waals surface area contributed by atoms with Crippen LogP contribution < -0.4 is 5.32 Å². The van der Waals surface area contributed by atoms with Crippen LogP contribution >= 0.6 is 0 Å². The van der Waals surface area contributed by atoms with Gasteiger partial charge in [0.2, 0.25) is 5.91 Å². The van der Waals surface area contributed by atoms with Crippen LogP contribution in [0.5, 0.6) is 0 Å². The van der Waals surface area contributed by atoms with Crippen LogP contribution in [0.3, 0.4) is 0 Å². The zero-order valence-electron chi connectivity index (χ0n) is 11.3. The third-order valence-corrected chi connectivity index (χ3v) is 2.79. The van der Waals surface area contributed by atoms with Gasteiger partial charge in [0.1, 0.15) is 0 Å². The predicted molar refractivity (Wildman–Crippen MR) is 71.0 cm³/mol. The Balaban J connectivity index is 2.59. The van der Waals surface area contributed by atoms with Crippen molar-refractivity contribution < 1.29 is 19.6 Å². The second-order valence-electron chi connectivity index (χ2n) is 5.07. The Hall–Kier alpha value is -2.44. The molecule has 0 aromatic heterocycles. The molecule has 0 radical (unpaired) electrons. The van der Waals surface area contributed by atoms with Crippen molar-refractivity contribution in [2.75, 3.05) is 0 Å². The summed E-state index contributed by atoms with van der Waals surface area (Å²) >= 11 is 0. The number of amides is 1. The number of nitrogens with zero attached hydrogens (tertiary/aromatic N) is 1. The molecule has 2 N–H and O–H groups in total. The fourth-order valence-corrected chi connectivity index (χ4v) is 1.52. The number of benzene rings is 1. The van der Waals surface area contributed by atoms with Gasteiger partial charge in [-0.25, -0.2) is 0 Å². The first-order chi connectivity index (χ1) is 9.22. The Morgan fingerprint density at radius 1 is 1.40 bits per heavy atom. The average molecular weight is 280 g/mol. The number of hydrogen-bond donors (Lipinski definition) is 2. The molecule has 0 bridgehead atoms. The standard InChI is InChI=1S/C13H16N2O5/c1-13(2,12(17)18)7-11(16)14-8-9-4-3-5-10(6-9)15(19)20/h3-6H,7-8H2,1-2H3,(H,14,16)(H,17,18). The van der Waals surface area contributed by atoms with Crippen LogP contribution in [0.1, 0.15) is 25.8 Å². The predicted octanol–water partition coefficient (Wildman–Crippen LogP) is 1.71. The highest BCUT2D eigenvalue weighted by Gasteiger charge is 2.29. The van der Waals surface area contributed by atoms with Gasteiger partial charge in [0.05, 0.1) is 10.3 Å². The summed E-state index contributed by atoms with van der Waals surface area (Å²) in [4.78, 5) is 32.6. The van der Waals surface area contributed by atoms with E-state index >= 15 is 0 Å². The quantitative estimate of drug-likeness (QED) is 0.609. The third kappa shape index (κ3) is 4.34. The SMILES string of the molecule is CC(C)(CC(=O)NCc1cccc([N+](=O)[O-])c1)C(=O)O. The molecular formula is C13H16N2O5. The number of carbonyl (C=O) groups excluding carboxylic acids is 1. The second-order valence-corrected chi connectivity index (χ2v) is 5.07. The normalized spacial score (nSPS) is 10.9. The lowest BCUT2D eigenvalue weighted by molar-refractivity contribution is -0.384. The van der Waals surface area contributed by atoms with Crippen molar-refractivity contribution in [3.63, 3.8) is 0 Å². The minimum Gasteiger partial charge on any atom is -0.481 e. The number of aliphatic carboxylic acids is 1. The summed E-state index contributed by atoms with van der Waals surface area (Å²) in [6.07, 6.45) is -0.155. The number of nitro groups is 1. The first kappa shape index (κ1) is 15.6. The molecule has 1 aromatic carbocycles. The maximum Gasteiger partial charge on any atom is 0.309 e. The van der Waals surface area contributed by atoms with Crippen LogP contribution in [-0.2, 0) is 16.1 Å². The lowest BCUT2D eigenvalue weighted by Crippen LogP contribution is -2.33. The smallest absolute Gasteiger partial charge is 0.309 e. The van der Waals surface area contributed by atoms with Crippen molar-refractivity contribution in [2.45, 2.75) is 26.8 Å². The van der Waals surface area contributed by atoms with E-state index in [1.807, 2.05) is 0 Å². The van der Waals surface area contributed by atoms with Gasteiger partial charge < -0.3 is 10.4 Å². The van der Waals surface area contributed by atoms with E-state index < -0.39 is 22.2 Å². The van der Waals surface area contributed by atoms with Crippen molar-refractivity contribution >= 4 is 17.6 Å². The maximum atomic E-state index is 11.6. The zero-order chi connectivity index (χ0) is 15.3. The van der Waals surface area contributed by atoms with Gasteiger partial charge in [0.25, 0.3) is 5.69 Å². The molecule has 0 fully saturated rings. The minimum absolute atomic E-state index is 0.0531. The highest BCUT2D eigenvalue weighted by molar-refractivity contribution is 5.84. The second kappa shape index (κ2) is 6.14. The van der Waals surface area contributed by atoms with Gasteiger partial charge in [-0.15, -0.1) is 0 Å². The van der Waals surface area contributed by atoms with Crippen molar-refractivity contribution in [3.05, 3.63) is 39.9 Å². The van der Waals surface area contributed by atoms with Crippen molar-refractivity contribution in [1.82, 2.24) is 5.32 Å². The summed E-state index contributed by atoms with van der Waals surface area (Å²) in [5.41, 5.74) is -0.615. The van der Waals surface area contributed by atoms with Crippen molar-refractivity contribution in [1.29, 1.82) is 0 Å². The van der Waals surface area contributed by atoms with E-state index in [4.69, 9.17) is 5.11 Å². The van der Waals surface area contributed by atoms with E-state index in [2.05, 4.69) is 5.32 Å². The Morgan fingerprint density at radius 2 is 2.05 bits per heavy atom. The Bertz CT molecular complexity index is 539. The molecule has 0 spiro atoms. The molecule has 0 saturated heterocycles. The lowest BCUT2D eigenvalue weighted by atomic mass is 9.89. The fraction of sp³-hybridized carbons (Fsp3) is 0.385. The zero-order valence-corrected chi connectivity index (χ0v) is 11.3. The van der Waals surface area contributed by atoms with Gasteiger partial charge >= 0.3 is 5.97 Å². The summed E-state index contributed by atoms with van der Waals surface area (Å²) in [5.74, 6) is -1.47. The molecule has 0 atom stereocenters. The topological polar surface area (TPSA) is 110 Å². The Morgan fingerprint density at radius 3 is 2.60 bits per heavy atom. The molecule has 1 rings (SSSR count). The molecule has 1 amide bonds. The largest absolute Gasteiger partial charge is 0.481 e. The number of rotatable bonds is 6. The third-order valence-electron chi connectivity index (χ3n) is 2.79. The molecule has 0 saturated carbocycles. The van der Waals surface area contributed by atoms with Crippen LogP contribution in [0.25, 0.3) is 0 Å². The molecule has 0 aliphatic rings. The summed E-state index contributed by atoms with van der Waals surface area (Å²) in [6, 6.07) is 5.90. The van der Waals surface area contributed by atoms with E-state index in [0.717, 1.165) is 0 Å². The van der Waals surface area contributed by atoms with Gasteiger partial charge in [0, 0.05) is 25.1 Å². The number of carboxylic acid groups (broad SMARTS) is 1. The van der Waals surface area contributed by atoms with Gasteiger partial charge in [-0.2, -0.15) is 0 Å². The summed E-state index contributed by atoms with van der Waals surface area (Å²) in [6.45, 7) is 3.04. The van der Waals surface area contributed by atoms with E-state index in [-0.39, 0.29) is 18.7 Å². The minimum atomic E-state index is -1.15. The highest BCUT2D eigenvalue weighted by atomic mass is 16.6. The molecule has 108 valence electrons. The molecule has 0 heterocycles. The van der Waals surface area contributed by atoms with E-state index in [1.165, 1.54) is 32.0 Å². The van der Waals surface area contributed by atoms with Crippen LogP contribution in [0.4, 0.5) is 5.69 Å². The van der Waals surface area contributed by atoms with Crippen molar-refractivity contribution in [3.8, 4) is 0 Å². The molecule has 20 heavy (non-hydrogen) atoms. The van der Waals surface area contributed by atoms with E-state index in [9.17, 15) is 19.7 Å². The molecular weight excluding hydrogens is 264 g/mol. The van der Waals surface area contributed by atoms with Gasteiger partial charge in [0.15, 0.2) is 0 Å². The maximum absolute atomic E-state index is 11.6. The highest BCUT2D eigenvalue weighted by Crippen LogP contribution is 2.20. The molecule has 7 heteroatoms. The first-order valence-electron chi connectivity index (χ1n) is 5.96. The summed E-state index contributed by atoms with van der Waals surface area (Å²) in [7, 11) is 0. The number of carboxylic acids is 1. The van der Waals surface area contributed by atoms with E-state index in [0.29, 0.717) is 5.56 Å². The number of nitrogens with one attached hydrogen (secondary N) is 1. The average Bonchev–Trinajstić information content (AvgIpc) is 2.36. The Kier molecular flexibility index (Phi) is 4.79. The van der Waals surface area contributed by atoms with Crippen LogP contribution in [0.15, 0.2) is 24.3 Å². The van der Waals surface area contributed by atoms with E-state index in [1.54, 1.807) is 6.07 Å². The van der Waals surface area contributed by atoms with Crippen LogP contribution in [-0.4, -0.2) is 21.9 Å². The van der Waals surface area contributed by atoms with Gasteiger partial charge in [-0.3, -0.25) is 19.7 Å². The van der Waals surface area contributed by atoms with Gasteiger partial charge in [-0.05, 0) is 19.4 Å². The number of nitro benzene ring substituents is 1. The molecule has 1 aromatic rings. The first-order valence-corrected chi connectivity index (χ1v) is 5.96. The van der Waals surface area contributed by atoms with Crippen molar-refractivity contribution in [2.24, 2.45) is 5.41 Å². The Labute approximate surface area is 115 Å². The number of non-ortho nitro benzene ring substituents is 1. The molecule has 7 nitrogen and oxygen atoms in total. The lowest BCUT2D eigenvalue weighted by Gasteiger charge is -2.18. The molecule has 0 unspecified atom stereocenters. The summed E-state index contributed by atoms with van der Waals surface area (Å²) in [5, 5.41) is 22.1. The monoisotopic (exact) mass is 280 g/mol. The molecule has 0 aliphatic carbocycles. The molecule has 0 aliphatic heterocycles. The van der Waals surface area contributed by atoms with Crippen LogP contribution in [0.2, 0.25) is 0 Å².